The fourth-order valence-electron chi connectivity index (χ4n) is 0.895. The third kappa shape index (κ3) is 2.14. The summed E-state index contributed by atoms with van der Waals surface area (Å²) in [5, 5.41) is 0. The van der Waals surface area contributed by atoms with E-state index in [1.807, 2.05) is 0 Å². The molecule has 0 amide bonds. The summed E-state index contributed by atoms with van der Waals surface area (Å²) in [7, 11) is 0. The van der Waals surface area contributed by atoms with E-state index in [2.05, 4.69) is 4.99 Å². The van der Waals surface area contributed by atoms with Gasteiger partial charge < -0.3 is 11.5 Å². The molecule has 0 radical (unpaired) electrons. The Kier molecular flexibility index (Phi) is 2.46. The number of hydrogen-bond acceptors (Lipinski definition) is 1. The van der Waals surface area contributed by atoms with Crippen LogP contribution in [0.5, 0.6) is 0 Å². The highest BCUT2D eigenvalue weighted by Gasteiger charge is 2.05. The van der Waals surface area contributed by atoms with Gasteiger partial charge in [-0.1, -0.05) is 0 Å². The molecule has 1 aromatic carbocycles. The number of aryl methyl sites for hydroxylation is 1. The molecule has 0 spiro atoms. The van der Waals surface area contributed by atoms with Crippen LogP contribution in [0, 0.1) is 18.6 Å². The SMILES string of the molecule is Cc1cc(F)c(F)cc1N=C(N)N. The molecule has 0 unspecified atom stereocenters. The summed E-state index contributed by atoms with van der Waals surface area (Å²) in [5.74, 6) is -2.06. The molecule has 0 atom stereocenters. The standard InChI is InChI=1S/C8H9F2N3/c1-4-2-5(9)6(10)3-7(4)13-8(11)12/h2-3H,1H3,(H4,11,12,13). The number of nitrogens with two attached hydrogens (primary N) is 2. The van der Waals surface area contributed by atoms with Crippen molar-refractivity contribution in [2.45, 2.75) is 6.92 Å². The number of benzene rings is 1. The van der Waals surface area contributed by atoms with E-state index in [1.54, 1.807) is 6.92 Å². The maximum atomic E-state index is 12.7. The van der Waals surface area contributed by atoms with Gasteiger partial charge >= 0.3 is 0 Å². The zero-order valence-corrected chi connectivity index (χ0v) is 7.01. The van der Waals surface area contributed by atoms with E-state index in [-0.39, 0.29) is 11.6 Å². The average Bonchev–Trinajstić information content (AvgIpc) is 1.99. The van der Waals surface area contributed by atoms with Gasteiger partial charge in [0.1, 0.15) is 0 Å². The van der Waals surface area contributed by atoms with E-state index in [0.717, 1.165) is 12.1 Å². The van der Waals surface area contributed by atoms with E-state index >= 15 is 0 Å². The van der Waals surface area contributed by atoms with E-state index in [9.17, 15) is 8.78 Å². The zero-order valence-electron chi connectivity index (χ0n) is 7.01. The second-order valence-electron chi connectivity index (χ2n) is 2.59. The summed E-state index contributed by atoms with van der Waals surface area (Å²) in [6, 6.07) is 1.99. The predicted molar refractivity (Wildman–Crippen MR) is 46.6 cm³/mol. The lowest BCUT2D eigenvalue weighted by Gasteiger charge is -2.01. The summed E-state index contributed by atoms with van der Waals surface area (Å²) in [6.45, 7) is 1.59. The minimum absolute atomic E-state index is 0.186. The Hall–Kier alpha value is -1.65. The molecule has 0 bridgehead atoms. The molecule has 13 heavy (non-hydrogen) atoms. The van der Waals surface area contributed by atoms with Crippen LogP contribution in [0.3, 0.4) is 0 Å². The molecule has 1 aromatic rings. The fraction of sp³-hybridized carbons (Fsp3) is 0.125. The summed E-state index contributed by atoms with van der Waals surface area (Å²) in [4.78, 5) is 3.63. The van der Waals surface area contributed by atoms with E-state index in [0.29, 0.717) is 5.56 Å². The molecule has 0 aromatic heterocycles. The molecule has 0 heterocycles. The molecule has 0 aliphatic heterocycles. The van der Waals surface area contributed by atoms with Gasteiger partial charge in [-0.2, -0.15) is 0 Å². The van der Waals surface area contributed by atoms with Crippen molar-refractivity contribution in [3.8, 4) is 0 Å². The summed E-state index contributed by atoms with van der Waals surface area (Å²) >= 11 is 0. The molecular weight excluding hydrogens is 176 g/mol. The van der Waals surface area contributed by atoms with Crippen molar-refractivity contribution >= 4 is 11.6 Å². The van der Waals surface area contributed by atoms with Gasteiger partial charge in [-0.05, 0) is 18.6 Å². The normalized spacial score (nSPS) is 9.77. The van der Waals surface area contributed by atoms with Crippen LogP contribution in [0.25, 0.3) is 0 Å². The molecule has 3 nitrogen and oxygen atoms in total. The monoisotopic (exact) mass is 185 g/mol. The molecule has 0 saturated carbocycles. The van der Waals surface area contributed by atoms with Crippen LogP contribution in [-0.2, 0) is 0 Å². The number of guanidine groups is 1. The van der Waals surface area contributed by atoms with Gasteiger partial charge in [-0.25, -0.2) is 13.8 Å². The van der Waals surface area contributed by atoms with Crippen molar-refractivity contribution in [3.63, 3.8) is 0 Å². The van der Waals surface area contributed by atoms with Crippen LogP contribution < -0.4 is 11.5 Å². The van der Waals surface area contributed by atoms with Crippen molar-refractivity contribution in [1.29, 1.82) is 0 Å². The Morgan fingerprint density at radius 3 is 2.31 bits per heavy atom. The van der Waals surface area contributed by atoms with Crippen LogP contribution in [0.4, 0.5) is 14.5 Å². The molecule has 70 valence electrons. The number of nitrogens with zero attached hydrogens (tertiary/aromatic N) is 1. The second kappa shape index (κ2) is 3.38. The molecule has 0 aliphatic carbocycles. The number of hydrogen-bond donors (Lipinski definition) is 2. The molecular formula is C8H9F2N3. The third-order valence-corrected chi connectivity index (χ3v) is 1.49. The second-order valence-corrected chi connectivity index (χ2v) is 2.59. The van der Waals surface area contributed by atoms with Gasteiger partial charge in [0.15, 0.2) is 17.6 Å². The van der Waals surface area contributed by atoms with Crippen LogP contribution in [-0.4, -0.2) is 5.96 Å². The van der Waals surface area contributed by atoms with E-state index in [4.69, 9.17) is 11.5 Å². The topological polar surface area (TPSA) is 64.4 Å². The highest BCUT2D eigenvalue weighted by atomic mass is 19.2. The Balaban J connectivity index is 3.24. The van der Waals surface area contributed by atoms with Crippen LogP contribution in [0.15, 0.2) is 17.1 Å². The summed E-state index contributed by atoms with van der Waals surface area (Å²) in [5.41, 5.74) is 10.9. The average molecular weight is 185 g/mol. The van der Waals surface area contributed by atoms with Gasteiger partial charge in [0.25, 0.3) is 0 Å². The Morgan fingerprint density at radius 1 is 1.23 bits per heavy atom. The maximum Gasteiger partial charge on any atom is 0.191 e. The number of halogens is 2. The highest BCUT2D eigenvalue weighted by molar-refractivity contribution is 5.79. The van der Waals surface area contributed by atoms with Gasteiger partial charge in [-0.3, -0.25) is 0 Å². The molecule has 5 heteroatoms. The highest BCUT2D eigenvalue weighted by Crippen LogP contribution is 2.21. The lowest BCUT2D eigenvalue weighted by molar-refractivity contribution is 0.508. The molecule has 0 saturated heterocycles. The van der Waals surface area contributed by atoms with Crippen molar-refractivity contribution < 1.29 is 8.78 Å². The first-order chi connectivity index (χ1) is 6.00. The number of rotatable bonds is 1. The largest absolute Gasteiger partial charge is 0.370 e. The van der Waals surface area contributed by atoms with Crippen molar-refractivity contribution in [1.82, 2.24) is 0 Å². The smallest absolute Gasteiger partial charge is 0.191 e. The Morgan fingerprint density at radius 2 is 1.77 bits per heavy atom. The van der Waals surface area contributed by atoms with Crippen molar-refractivity contribution in [3.05, 3.63) is 29.3 Å². The summed E-state index contributed by atoms with van der Waals surface area (Å²) < 4.78 is 25.3. The van der Waals surface area contributed by atoms with Crippen LogP contribution in [0.1, 0.15) is 5.56 Å². The predicted octanol–water partition coefficient (Wildman–Crippen LogP) is 1.18. The van der Waals surface area contributed by atoms with Crippen LogP contribution >= 0.6 is 0 Å². The minimum Gasteiger partial charge on any atom is -0.370 e. The molecule has 4 N–H and O–H groups in total. The quantitative estimate of drug-likeness (QED) is 0.509. The lowest BCUT2D eigenvalue weighted by Crippen LogP contribution is -2.22. The third-order valence-electron chi connectivity index (χ3n) is 1.49. The van der Waals surface area contributed by atoms with Gasteiger partial charge in [0.2, 0.25) is 0 Å². The van der Waals surface area contributed by atoms with Gasteiger partial charge in [0.05, 0.1) is 5.69 Å². The minimum atomic E-state index is -0.967. The Labute approximate surface area is 74.1 Å². The molecule has 0 fully saturated rings. The summed E-state index contributed by atoms with van der Waals surface area (Å²) in [6.07, 6.45) is 0. The van der Waals surface area contributed by atoms with Gasteiger partial charge in [0, 0.05) is 6.07 Å². The first kappa shape index (κ1) is 9.44. The van der Waals surface area contributed by atoms with E-state index < -0.39 is 11.6 Å². The van der Waals surface area contributed by atoms with E-state index in [1.165, 1.54) is 0 Å². The molecule has 1 rings (SSSR count). The maximum absolute atomic E-state index is 12.7. The van der Waals surface area contributed by atoms with Crippen molar-refractivity contribution in [2.24, 2.45) is 16.5 Å². The fourth-order valence-corrected chi connectivity index (χ4v) is 0.895. The zero-order chi connectivity index (χ0) is 10.0. The molecule has 0 aliphatic rings. The van der Waals surface area contributed by atoms with Crippen molar-refractivity contribution in [2.75, 3.05) is 0 Å². The first-order valence-electron chi connectivity index (χ1n) is 3.56. The van der Waals surface area contributed by atoms with Crippen LogP contribution in [0.2, 0.25) is 0 Å². The lowest BCUT2D eigenvalue weighted by atomic mass is 10.2. The Bertz CT molecular complexity index is 357. The van der Waals surface area contributed by atoms with Gasteiger partial charge in [-0.15, -0.1) is 0 Å². The number of aliphatic imine (C=N–C) groups is 1. The first-order valence-corrected chi connectivity index (χ1v) is 3.56.